The van der Waals surface area contributed by atoms with Crippen molar-refractivity contribution in [2.75, 3.05) is 32.4 Å². The van der Waals surface area contributed by atoms with Gasteiger partial charge in [0.25, 0.3) is 11.5 Å². The smallest absolute Gasteiger partial charge is 0.339 e. The van der Waals surface area contributed by atoms with E-state index in [1.165, 1.54) is 23.1 Å². The van der Waals surface area contributed by atoms with Crippen LogP contribution >= 0.6 is 20.8 Å². The van der Waals surface area contributed by atoms with Gasteiger partial charge in [-0.1, -0.05) is 61.0 Å². The Kier molecular flexibility index (Phi) is 16.4. The molecule has 0 N–H and O–H groups in total. The lowest BCUT2D eigenvalue weighted by Gasteiger charge is -2.35. The van der Waals surface area contributed by atoms with Gasteiger partial charge in [-0.3, -0.25) is 19.2 Å². The van der Waals surface area contributed by atoms with Crippen LogP contribution < -0.4 is 10.9 Å². The van der Waals surface area contributed by atoms with Gasteiger partial charge in [-0.2, -0.15) is 31.6 Å². The van der Waals surface area contributed by atoms with Crippen molar-refractivity contribution in [3.05, 3.63) is 128 Å². The zero-order valence-electron chi connectivity index (χ0n) is 31.2. The van der Waals surface area contributed by atoms with E-state index in [9.17, 15) is 49.1 Å². The molecule has 0 saturated carbocycles. The molecule has 4 aromatic rings. The highest BCUT2D eigenvalue weighted by molar-refractivity contribution is 7.90. The van der Waals surface area contributed by atoms with Gasteiger partial charge in [0, 0.05) is 49.1 Å². The lowest BCUT2D eigenvalue weighted by Crippen LogP contribution is -2.52. The fourth-order valence-electron chi connectivity index (χ4n) is 5.87. The maximum absolute atomic E-state index is 14.0. The van der Waals surface area contributed by atoms with E-state index in [0.29, 0.717) is 16.3 Å². The monoisotopic (exact) mass is 870 g/mol. The number of rotatable bonds is 7. The molecule has 2 amide bonds. The van der Waals surface area contributed by atoms with Gasteiger partial charge in [-0.05, 0) is 65.8 Å². The molecule has 5 rings (SSSR count). The number of hydrogen-bond donors (Lipinski definition) is 0. The van der Waals surface area contributed by atoms with Crippen LogP contribution in [0.15, 0.2) is 94.6 Å². The summed E-state index contributed by atoms with van der Waals surface area (Å²) in [5, 5.41) is 10.1. The molecule has 0 spiro atoms. The van der Waals surface area contributed by atoms with Crippen LogP contribution in [-0.2, 0) is 19.4 Å². The predicted molar refractivity (Wildman–Crippen MR) is 209 cm³/mol. The highest BCUT2D eigenvalue weighted by atomic mass is 35.5. The molecule has 0 radical (unpaired) electrons. The second-order valence-electron chi connectivity index (χ2n) is 13.1. The van der Waals surface area contributed by atoms with Crippen LogP contribution in [-0.4, -0.2) is 85.7 Å². The average Bonchev–Trinajstić information content (AvgIpc) is 3.16. The normalized spacial score (nSPS) is 14.1. The van der Waals surface area contributed by atoms with E-state index in [1.807, 2.05) is 56.3 Å². The van der Waals surface area contributed by atoms with Crippen LogP contribution in [0.4, 0.5) is 26.3 Å². The first-order valence-corrected chi connectivity index (χ1v) is 20.0. The minimum absolute atomic E-state index is 0.0295. The minimum Gasteiger partial charge on any atom is -0.339 e. The SMILES string of the molecule is CS(=O)(=O)c1cccc(C#N)c1.Cc1ccc(C(=O)N2CCN(C(=O)CC(F)(F)F)CC2)c(=O)n1[C@@H](c1ccc(P)cc1)[C@H](C)c1ccc(Cl)cc1.O=CC(F)(F)F. The second kappa shape index (κ2) is 20.1. The first kappa shape index (κ1) is 47.3. The molecule has 2 heterocycles. The third-order valence-electron chi connectivity index (χ3n) is 8.77. The van der Waals surface area contributed by atoms with Crippen molar-refractivity contribution in [3.63, 3.8) is 0 Å². The van der Waals surface area contributed by atoms with Crippen molar-refractivity contribution in [2.24, 2.45) is 0 Å². The predicted octanol–water partition coefficient (Wildman–Crippen LogP) is 6.65. The van der Waals surface area contributed by atoms with E-state index in [0.717, 1.165) is 27.6 Å². The largest absolute Gasteiger partial charge is 0.446 e. The molecule has 1 aromatic heterocycles. The maximum Gasteiger partial charge on any atom is 0.446 e. The Labute approximate surface area is 338 Å². The third kappa shape index (κ3) is 13.8. The summed E-state index contributed by atoms with van der Waals surface area (Å²) in [6.45, 7) is 3.84. The number of piperazine rings is 1. The Bertz CT molecular complexity index is 2290. The number of halogens is 7. The summed E-state index contributed by atoms with van der Waals surface area (Å²) in [7, 11) is -0.549. The van der Waals surface area contributed by atoms with Gasteiger partial charge in [0.2, 0.25) is 12.2 Å². The lowest BCUT2D eigenvalue weighted by atomic mass is 9.87. The third-order valence-corrected chi connectivity index (χ3v) is 10.5. The first-order valence-electron chi connectivity index (χ1n) is 17.2. The zero-order valence-corrected chi connectivity index (χ0v) is 33.9. The van der Waals surface area contributed by atoms with E-state index in [1.54, 1.807) is 34.9 Å². The Morgan fingerprint density at radius 1 is 0.897 bits per heavy atom. The highest BCUT2D eigenvalue weighted by Crippen LogP contribution is 2.35. The number of carbonyl (C=O) groups is 3. The number of amides is 2. The number of nitrogens with zero attached hydrogens (tertiary/aromatic N) is 4. The number of hydrogen-bond acceptors (Lipinski definition) is 7. The number of aromatic nitrogens is 1. The van der Waals surface area contributed by atoms with Gasteiger partial charge < -0.3 is 14.4 Å². The van der Waals surface area contributed by atoms with Crippen LogP contribution in [0.3, 0.4) is 0 Å². The number of nitriles is 1. The van der Waals surface area contributed by atoms with Gasteiger partial charge >= 0.3 is 12.4 Å². The molecule has 1 aliphatic heterocycles. The van der Waals surface area contributed by atoms with E-state index >= 15 is 0 Å². The van der Waals surface area contributed by atoms with E-state index in [4.69, 9.17) is 21.7 Å². The van der Waals surface area contributed by atoms with Crippen molar-refractivity contribution in [3.8, 4) is 6.07 Å². The average molecular weight is 871 g/mol. The lowest BCUT2D eigenvalue weighted by molar-refractivity contribution is -0.162. The van der Waals surface area contributed by atoms with E-state index in [-0.39, 0.29) is 42.6 Å². The first-order chi connectivity index (χ1) is 26.9. The summed E-state index contributed by atoms with van der Waals surface area (Å²) in [5.74, 6) is -1.70. The van der Waals surface area contributed by atoms with Crippen LogP contribution in [0.5, 0.6) is 0 Å². The number of aldehydes is 1. The van der Waals surface area contributed by atoms with E-state index < -0.39 is 58.3 Å². The second-order valence-corrected chi connectivity index (χ2v) is 16.2. The van der Waals surface area contributed by atoms with Crippen LogP contribution in [0.2, 0.25) is 5.02 Å². The molecule has 19 heteroatoms. The Morgan fingerprint density at radius 2 is 1.43 bits per heavy atom. The Morgan fingerprint density at radius 3 is 1.93 bits per heavy atom. The summed E-state index contributed by atoms with van der Waals surface area (Å²) in [4.78, 5) is 50.8. The molecule has 1 fully saturated rings. The number of pyridine rings is 1. The summed E-state index contributed by atoms with van der Waals surface area (Å²) < 4.78 is 92.8. The topological polar surface area (TPSA) is 138 Å². The molecule has 1 saturated heterocycles. The van der Waals surface area contributed by atoms with Gasteiger partial charge in [-0.15, -0.1) is 9.24 Å². The van der Waals surface area contributed by atoms with Crippen molar-refractivity contribution in [1.29, 1.82) is 5.26 Å². The molecule has 310 valence electrons. The van der Waals surface area contributed by atoms with Crippen molar-refractivity contribution in [2.45, 2.75) is 49.5 Å². The summed E-state index contributed by atoms with van der Waals surface area (Å²) in [6, 6.07) is 25.8. The molecule has 10 nitrogen and oxygen atoms in total. The molecule has 3 aromatic carbocycles. The van der Waals surface area contributed by atoms with Crippen molar-refractivity contribution < 1.29 is 49.1 Å². The Hall–Kier alpha value is -5.04. The summed E-state index contributed by atoms with van der Waals surface area (Å²) in [5.41, 5.74) is 2.40. The van der Waals surface area contributed by atoms with Crippen molar-refractivity contribution in [1.82, 2.24) is 14.4 Å². The van der Waals surface area contributed by atoms with Gasteiger partial charge in [0.15, 0.2) is 9.84 Å². The van der Waals surface area contributed by atoms with Crippen molar-refractivity contribution >= 4 is 54.1 Å². The zero-order chi connectivity index (χ0) is 43.6. The highest BCUT2D eigenvalue weighted by Gasteiger charge is 2.36. The number of benzene rings is 3. The quantitative estimate of drug-likeness (QED) is 0.115. The fraction of sp³-hybridized carbons (Fsp3) is 0.308. The standard InChI is InChI=1S/C29H30ClF3N3O3P.C8H7NO2S.C2HF3O/c1-18-3-12-24(27(38)35-15-13-34(14-16-35)25(37)17-29(31,32)33)28(39)36(18)26(21-6-10-23(40)11-7-21)19(2)20-4-8-22(30)9-5-20;1-12(10,11)8-4-2-3-7(5-8)6-9;3-2(4,5)1-6/h3-12,19,26H,13-17,40H2,1-2H3;2-5H,1H3;1H/t19-,26-;;/m1../s1. The maximum atomic E-state index is 14.0. The van der Waals surface area contributed by atoms with Crippen LogP contribution in [0, 0.1) is 18.3 Å². The van der Waals surface area contributed by atoms with Crippen LogP contribution in [0.25, 0.3) is 0 Å². The summed E-state index contributed by atoms with van der Waals surface area (Å²) in [6.07, 6.45) is -10.7. The van der Waals surface area contributed by atoms with Gasteiger partial charge in [-0.25, -0.2) is 8.42 Å². The molecular formula is C39H38ClF6N4O6PS. The van der Waals surface area contributed by atoms with E-state index in [2.05, 4.69) is 9.24 Å². The molecular weight excluding hydrogens is 833 g/mol. The molecule has 0 aliphatic carbocycles. The fourth-order valence-corrected chi connectivity index (χ4v) is 6.85. The molecule has 0 bridgehead atoms. The number of carbonyl (C=O) groups excluding carboxylic acids is 3. The van der Waals surface area contributed by atoms with Crippen LogP contribution in [0.1, 0.15) is 58.0 Å². The molecule has 1 unspecified atom stereocenters. The molecule has 58 heavy (non-hydrogen) atoms. The number of sulfone groups is 1. The minimum atomic E-state index is -4.64. The van der Waals surface area contributed by atoms with Gasteiger partial charge in [0.1, 0.15) is 12.0 Å². The molecule has 1 aliphatic rings. The molecule has 3 atom stereocenters. The summed E-state index contributed by atoms with van der Waals surface area (Å²) >= 11 is 6.11. The Balaban J connectivity index is 0.000000412. The van der Waals surface area contributed by atoms with Gasteiger partial charge in [0.05, 0.1) is 22.6 Å². The number of alkyl halides is 6. The number of aryl methyl sites for hydroxylation is 1.